The van der Waals surface area contributed by atoms with Crippen molar-refractivity contribution < 1.29 is 9.53 Å². The third kappa shape index (κ3) is 18.6. The van der Waals surface area contributed by atoms with Crippen LogP contribution in [0.4, 0.5) is 0 Å². The Morgan fingerprint density at radius 3 is 1.91 bits per heavy atom. The lowest BCUT2D eigenvalue weighted by Crippen LogP contribution is -1.99. The first-order chi connectivity index (χ1) is 11.3. The molecule has 0 atom stereocenters. The average Bonchev–Trinajstić information content (AvgIpc) is 2.56. The first kappa shape index (κ1) is 21.7. The molecule has 0 heterocycles. The van der Waals surface area contributed by atoms with Crippen molar-refractivity contribution in [3.8, 4) is 0 Å². The molecule has 2 heteroatoms. The number of rotatable bonds is 16. The van der Waals surface area contributed by atoms with E-state index in [0.29, 0.717) is 0 Å². The normalized spacial score (nSPS) is 11.3. The van der Waals surface area contributed by atoms with E-state index in [-0.39, 0.29) is 12.6 Å². The van der Waals surface area contributed by atoms with Crippen LogP contribution in [0, 0.1) is 0 Å². The molecule has 0 aromatic rings. The molecular formula is C21H36O2. The lowest BCUT2D eigenvalue weighted by molar-refractivity contribution is -0.136. The molecule has 0 N–H and O–H groups in total. The highest BCUT2D eigenvalue weighted by Crippen LogP contribution is 2.09. The third-order valence-corrected chi connectivity index (χ3v) is 3.73. The fourth-order valence-electron chi connectivity index (χ4n) is 2.35. The van der Waals surface area contributed by atoms with Gasteiger partial charge in [0, 0.05) is 6.08 Å². The maximum absolute atomic E-state index is 11.2. The second-order valence-corrected chi connectivity index (χ2v) is 5.99. The second-order valence-electron chi connectivity index (χ2n) is 5.99. The van der Waals surface area contributed by atoms with Crippen LogP contribution in [0.2, 0.25) is 0 Å². The Hall–Kier alpha value is -1.31. The molecule has 0 aromatic heterocycles. The zero-order valence-electron chi connectivity index (χ0n) is 15.1. The van der Waals surface area contributed by atoms with Crippen LogP contribution in [-0.4, -0.2) is 12.6 Å². The van der Waals surface area contributed by atoms with E-state index in [1.54, 1.807) is 6.08 Å². The number of carbonyl (C=O) groups is 1. The Bertz CT molecular complexity index is 329. The summed E-state index contributed by atoms with van der Waals surface area (Å²) in [4.78, 5) is 11.2. The number of ether oxygens (including phenoxy) is 1. The van der Waals surface area contributed by atoms with Crippen LogP contribution in [0.5, 0.6) is 0 Å². The summed E-state index contributed by atoms with van der Waals surface area (Å²) in [5, 5.41) is 0. The molecule has 0 aliphatic heterocycles. The van der Waals surface area contributed by atoms with E-state index in [0.717, 1.165) is 12.8 Å². The molecule has 0 rings (SSSR count). The van der Waals surface area contributed by atoms with Gasteiger partial charge < -0.3 is 4.74 Å². The van der Waals surface area contributed by atoms with Gasteiger partial charge in [0.15, 0.2) is 0 Å². The van der Waals surface area contributed by atoms with Crippen LogP contribution < -0.4 is 0 Å². The van der Waals surface area contributed by atoms with Crippen molar-refractivity contribution in [3.63, 3.8) is 0 Å². The van der Waals surface area contributed by atoms with Crippen LogP contribution in [0.25, 0.3) is 0 Å². The standard InChI is InChI=1S/C21H36O2/c1-3-5-6-7-8-9-10-11-12-13-14-15-16-17-18-19-21(22)23-20-4-2/h4,9-10,18-19H,2-3,5-8,11-17,20H2,1H3. The molecule has 0 aliphatic rings. The van der Waals surface area contributed by atoms with Gasteiger partial charge in [-0.1, -0.05) is 76.3 Å². The van der Waals surface area contributed by atoms with Crippen LogP contribution in [0.15, 0.2) is 37.0 Å². The van der Waals surface area contributed by atoms with E-state index in [1.165, 1.54) is 70.3 Å². The Balaban J connectivity index is 3.24. The molecule has 0 bridgehead atoms. The molecule has 0 saturated heterocycles. The van der Waals surface area contributed by atoms with Crippen LogP contribution in [0.1, 0.15) is 84.0 Å². The first-order valence-electron chi connectivity index (χ1n) is 9.40. The fourth-order valence-corrected chi connectivity index (χ4v) is 2.35. The maximum atomic E-state index is 11.2. The molecule has 0 aromatic carbocycles. The van der Waals surface area contributed by atoms with Crippen LogP contribution in [0.3, 0.4) is 0 Å². The molecule has 0 radical (unpaired) electrons. The number of hydrogen-bond donors (Lipinski definition) is 0. The summed E-state index contributed by atoms with van der Waals surface area (Å²) in [6, 6.07) is 0. The quantitative estimate of drug-likeness (QED) is 0.140. The molecular weight excluding hydrogens is 284 g/mol. The minimum absolute atomic E-state index is 0.272. The van der Waals surface area contributed by atoms with Gasteiger partial charge in [-0.05, 0) is 38.5 Å². The van der Waals surface area contributed by atoms with E-state index in [9.17, 15) is 4.79 Å². The van der Waals surface area contributed by atoms with Crippen LogP contribution in [-0.2, 0) is 9.53 Å². The highest BCUT2D eigenvalue weighted by Gasteiger charge is 1.93. The minimum atomic E-state index is -0.272. The Morgan fingerprint density at radius 2 is 1.35 bits per heavy atom. The summed E-state index contributed by atoms with van der Waals surface area (Å²) in [5.74, 6) is -0.272. The van der Waals surface area contributed by atoms with E-state index >= 15 is 0 Å². The number of carbonyl (C=O) groups excluding carboxylic acids is 1. The van der Waals surface area contributed by atoms with Crippen molar-refractivity contribution in [2.24, 2.45) is 0 Å². The summed E-state index contributed by atoms with van der Waals surface area (Å²) in [6.45, 7) is 6.05. The van der Waals surface area contributed by atoms with Gasteiger partial charge >= 0.3 is 5.97 Å². The summed E-state index contributed by atoms with van der Waals surface area (Å²) < 4.78 is 4.86. The summed E-state index contributed by atoms with van der Waals surface area (Å²) in [7, 11) is 0. The van der Waals surface area contributed by atoms with Crippen molar-refractivity contribution >= 4 is 5.97 Å². The van der Waals surface area contributed by atoms with E-state index in [1.807, 2.05) is 6.08 Å². The molecule has 132 valence electrons. The fraction of sp³-hybridized carbons (Fsp3) is 0.667. The molecule has 0 saturated carbocycles. The van der Waals surface area contributed by atoms with Crippen molar-refractivity contribution in [3.05, 3.63) is 37.0 Å². The average molecular weight is 321 g/mol. The van der Waals surface area contributed by atoms with Gasteiger partial charge in [0.2, 0.25) is 0 Å². The lowest BCUT2D eigenvalue weighted by Gasteiger charge is -1.99. The van der Waals surface area contributed by atoms with Gasteiger partial charge in [-0.25, -0.2) is 4.79 Å². The van der Waals surface area contributed by atoms with Crippen molar-refractivity contribution in [2.45, 2.75) is 84.0 Å². The van der Waals surface area contributed by atoms with Crippen molar-refractivity contribution in [1.82, 2.24) is 0 Å². The topological polar surface area (TPSA) is 26.3 Å². The SMILES string of the molecule is C=CCOC(=O)C=CCCCCCCCC=CCCCCCC. The number of hydrogen-bond acceptors (Lipinski definition) is 2. The Kier molecular flexibility index (Phi) is 17.7. The zero-order valence-corrected chi connectivity index (χ0v) is 15.1. The molecule has 2 nitrogen and oxygen atoms in total. The van der Waals surface area contributed by atoms with Gasteiger partial charge in [0.1, 0.15) is 6.61 Å². The highest BCUT2D eigenvalue weighted by atomic mass is 16.5. The third-order valence-electron chi connectivity index (χ3n) is 3.73. The van der Waals surface area contributed by atoms with E-state index in [4.69, 9.17) is 4.74 Å². The summed E-state index contributed by atoms with van der Waals surface area (Å²) >= 11 is 0. The minimum Gasteiger partial charge on any atom is -0.458 e. The summed E-state index contributed by atoms with van der Waals surface area (Å²) in [5.41, 5.74) is 0. The van der Waals surface area contributed by atoms with E-state index < -0.39 is 0 Å². The van der Waals surface area contributed by atoms with Gasteiger partial charge in [-0.3, -0.25) is 0 Å². The number of esters is 1. The zero-order chi connectivity index (χ0) is 17.0. The lowest BCUT2D eigenvalue weighted by atomic mass is 10.1. The Morgan fingerprint density at radius 1 is 0.826 bits per heavy atom. The van der Waals surface area contributed by atoms with Gasteiger partial charge in [-0.15, -0.1) is 0 Å². The predicted octanol–water partition coefficient (Wildman–Crippen LogP) is 6.53. The highest BCUT2D eigenvalue weighted by molar-refractivity contribution is 5.81. The van der Waals surface area contributed by atoms with Crippen LogP contribution >= 0.6 is 0 Å². The van der Waals surface area contributed by atoms with Gasteiger partial charge in [0.05, 0.1) is 0 Å². The predicted molar refractivity (Wildman–Crippen MR) is 101 cm³/mol. The van der Waals surface area contributed by atoms with Gasteiger partial charge in [-0.2, -0.15) is 0 Å². The van der Waals surface area contributed by atoms with Gasteiger partial charge in [0.25, 0.3) is 0 Å². The largest absolute Gasteiger partial charge is 0.458 e. The number of unbranched alkanes of at least 4 members (excludes halogenated alkanes) is 10. The Labute approximate surface area is 143 Å². The molecule has 23 heavy (non-hydrogen) atoms. The summed E-state index contributed by atoms with van der Waals surface area (Å²) in [6.07, 6.45) is 24.9. The second kappa shape index (κ2) is 18.7. The van der Waals surface area contributed by atoms with E-state index in [2.05, 4.69) is 25.7 Å². The monoisotopic (exact) mass is 320 g/mol. The maximum Gasteiger partial charge on any atom is 0.330 e. The first-order valence-corrected chi connectivity index (χ1v) is 9.40. The molecule has 0 unspecified atom stereocenters. The smallest absolute Gasteiger partial charge is 0.330 e. The molecule has 0 amide bonds. The molecule has 0 fully saturated rings. The molecule has 0 aliphatic carbocycles. The molecule has 0 spiro atoms. The van der Waals surface area contributed by atoms with Crippen molar-refractivity contribution in [2.75, 3.05) is 6.61 Å². The van der Waals surface area contributed by atoms with Crippen molar-refractivity contribution in [1.29, 1.82) is 0 Å². The number of allylic oxidation sites excluding steroid dienone is 3.